The van der Waals surface area contributed by atoms with Gasteiger partial charge in [-0.2, -0.15) is 5.10 Å². The highest BCUT2D eigenvalue weighted by Crippen LogP contribution is 2.33. The molecule has 1 N–H and O–H groups in total. The molecule has 3 heteroatoms. The summed E-state index contributed by atoms with van der Waals surface area (Å²) in [5.74, 6) is 1.35. The molecule has 2 atom stereocenters. The van der Waals surface area contributed by atoms with Gasteiger partial charge >= 0.3 is 0 Å². The van der Waals surface area contributed by atoms with Gasteiger partial charge in [0.2, 0.25) is 0 Å². The highest BCUT2D eigenvalue weighted by Gasteiger charge is 2.24. The van der Waals surface area contributed by atoms with Gasteiger partial charge in [-0.3, -0.25) is 5.43 Å². The van der Waals surface area contributed by atoms with E-state index < -0.39 is 0 Å². The first-order valence-corrected chi connectivity index (χ1v) is 7.97. The number of nitrogens with zero attached hydrogens (tertiary/aromatic N) is 1. The van der Waals surface area contributed by atoms with Crippen LogP contribution in [0.1, 0.15) is 73.6 Å². The standard InChI is InChI=1S/C12H19BN2.2C2H6/c1-8-4-3-5-10-9(2)14-15-12(13)11(10)7-6-8;2*1-2/h8,10,15H,3-7H2,1-2H3;2*1-2H3. The van der Waals surface area contributed by atoms with Crippen LogP contribution in [0.3, 0.4) is 0 Å². The van der Waals surface area contributed by atoms with E-state index in [9.17, 15) is 0 Å². The lowest BCUT2D eigenvalue weighted by Crippen LogP contribution is -2.28. The van der Waals surface area contributed by atoms with E-state index in [-0.39, 0.29) is 0 Å². The van der Waals surface area contributed by atoms with Crippen LogP contribution in [-0.4, -0.2) is 13.6 Å². The van der Waals surface area contributed by atoms with Gasteiger partial charge in [0.1, 0.15) is 7.85 Å². The van der Waals surface area contributed by atoms with Gasteiger partial charge in [-0.25, -0.2) is 0 Å². The van der Waals surface area contributed by atoms with Crippen LogP contribution in [0.4, 0.5) is 0 Å². The normalized spacial score (nSPS) is 26.1. The Kier molecular flexibility index (Phi) is 9.72. The summed E-state index contributed by atoms with van der Waals surface area (Å²) in [6, 6.07) is 0. The zero-order valence-electron chi connectivity index (χ0n) is 13.7. The maximum absolute atomic E-state index is 5.98. The molecule has 108 valence electrons. The molecule has 1 aliphatic carbocycles. The second-order valence-electron chi connectivity index (χ2n) is 4.93. The molecule has 2 unspecified atom stereocenters. The molecule has 0 spiro atoms. The van der Waals surface area contributed by atoms with E-state index in [1.807, 2.05) is 27.7 Å². The highest BCUT2D eigenvalue weighted by atomic mass is 15.3. The van der Waals surface area contributed by atoms with Gasteiger partial charge in [0, 0.05) is 11.6 Å². The number of hydrogen-bond donors (Lipinski definition) is 1. The molecule has 19 heavy (non-hydrogen) atoms. The van der Waals surface area contributed by atoms with Crippen molar-refractivity contribution in [1.82, 2.24) is 5.43 Å². The van der Waals surface area contributed by atoms with Crippen molar-refractivity contribution in [2.45, 2.75) is 73.6 Å². The zero-order chi connectivity index (χ0) is 14.8. The smallest absolute Gasteiger partial charge is 0.140 e. The fraction of sp³-hybridized carbons (Fsp3) is 0.812. The fourth-order valence-corrected chi connectivity index (χ4v) is 2.65. The second-order valence-corrected chi connectivity index (χ2v) is 4.93. The quantitative estimate of drug-likeness (QED) is 0.633. The average molecular weight is 262 g/mol. The lowest BCUT2D eigenvalue weighted by atomic mass is 9.77. The van der Waals surface area contributed by atoms with E-state index in [1.165, 1.54) is 37.0 Å². The Bertz CT molecular complexity index is 308. The summed E-state index contributed by atoms with van der Waals surface area (Å²) in [4.78, 5) is 0. The summed E-state index contributed by atoms with van der Waals surface area (Å²) in [7, 11) is 5.98. The molecular formula is C16H31BN2. The zero-order valence-corrected chi connectivity index (χ0v) is 13.7. The van der Waals surface area contributed by atoms with Crippen LogP contribution in [0, 0.1) is 11.8 Å². The van der Waals surface area contributed by atoms with Crippen molar-refractivity contribution >= 4 is 13.6 Å². The molecule has 0 aromatic carbocycles. The molecule has 1 saturated carbocycles. The first-order valence-electron chi connectivity index (χ1n) is 7.97. The summed E-state index contributed by atoms with van der Waals surface area (Å²) in [5, 5.41) is 4.27. The molecule has 0 aromatic heterocycles. The first kappa shape index (κ1) is 18.3. The van der Waals surface area contributed by atoms with Crippen LogP contribution in [0.5, 0.6) is 0 Å². The number of nitrogens with one attached hydrogen (secondary N) is 1. The molecule has 2 nitrogen and oxygen atoms in total. The van der Waals surface area contributed by atoms with Gasteiger partial charge in [0.05, 0.1) is 0 Å². The number of allylic oxidation sites excluding steroid dienone is 1. The second kappa shape index (κ2) is 10.1. The molecule has 0 amide bonds. The van der Waals surface area contributed by atoms with Crippen molar-refractivity contribution in [3.8, 4) is 0 Å². The topological polar surface area (TPSA) is 24.4 Å². The molecule has 1 fully saturated rings. The van der Waals surface area contributed by atoms with Gasteiger partial charge in [-0.05, 0) is 37.7 Å². The predicted octanol–water partition coefficient (Wildman–Crippen LogP) is 4.61. The van der Waals surface area contributed by atoms with Crippen molar-refractivity contribution in [1.29, 1.82) is 0 Å². The van der Waals surface area contributed by atoms with E-state index in [2.05, 4.69) is 24.4 Å². The third kappa shape index (κ3) is 5.42. The Morgan fingerprint density at radius 3 is 2.37 bits per heavy atom. The molecule has 2 rings (SSSR count). The Hall–Kier alpha value is -0.725. The SMILES string of the molecule is CC.CC.[B]C1=C2CCC(C)CCCC2C(C)=NN1. The Balaban J connectivity index is 0.000000741. The third-order valence-corrected chi connectivity index (χ3v) is 3.72. The minimum Gasteiger partial charge on any atom is -0.293 e. The van der Waals surface area contributed by atoms with E-state index in [1.54, 1.807) is 0 Å². The molecule has 0 saturated heterocycles. The summed E-state index contributed by atoms with van der Waals surface area (Å²) < 4.78 is 0. The van der Waals surface area contributed by atoms with Gasteiger partial charge in [-0.15, -0.1) is 0 Å². The molecule has 0 aromatic rings. The first-order chi connectivity index (χ1) is 9.18. The maximum Gasteiger partial charge on any atom is 0.140 e. The Morgan fingerprint density at radius 2 is 1.74 bits per heavy atom. The van der Waals surface area contributed by atoms with Crippen LogP contribution in [0.2, 0.25) is 0 Å². The van der Waals surface area contributed by atoms with E-state index in [0.29, 0.717) is 5.92 Å². The van der Waals surface area contributed by atoms with Crippen molar-refractivity contribution < 1.29 is 0 Å². The Labute approximate surface area is 121 Å². The van der Waals surface area contributed by atoms with E-state index in [0.717, 1.165) is 17.9 Å². The third-order valence-electron chi connectivity index (χ3n) is 3.72. The van der Waals surface area contributed by atoms with Gasteiger partial charge in [0.15, 0.2) is 0 Å². The van der Waals surface area contributed by atoms with Crippen LogP contribution >= 0.6 is 0 Å². The van der Waals surface area contributed by atoms with Crippen molar-refractivity contribution in [3.63, 3.8) is 0 Å². The van der Waals surface area contributed by atoms with Gasteiger partial charge in [-0.1, -0.05) is 53.0 Å². The molecule has 1 aliphatic heterocycles. The molecule has 0 bridgehead atoms. The maximum atomic E-state index is 5.98. The number of hydrazone groups is 1. The Morgan fingerprint density at radius 1 is 1.11 bits per heavy atom. The predicted molar refractivity (Wildman–Crippen MR) is 87.5 cm³/mol. The van der Waals surface area contributed by atoms with Crippen LogP contribution in [-0.2, 0) is 0 Å². The summed E-state index contributed by atoms with van der Waals surface area (Å²) in [5.41, 5.74) is 6.34. The monoisotopic (exact) mass is 262 g/mol. The summed E-state index contributed by atoms with van der Waals surface area (Å²) in [6.07, 6.45) is 6.27. The van der Waals surface area contributed by atoms with E-state index in [4.69, 9.17) is 7.85 Å². The summed E-state index contributed by atoms with van der Waals surface area (Å²) in [6.45, 7) is 12.4. The number of rotatable bonds is 0. The largest absolute Gasteiger partial charge is 0.293 e. The van der Waals surface area contributed by atoms with Crippen molar-refractivity contribution in [2.24, 2.45) is 16.9 Å². The number of fused-ring (bicyclic) bond motifs is 1. The van der Waals surface area contributed by atoms with Gasteiger partial charge < -0.3 is 0 Å². The molecule has 2 radical (unpaired) electrons. The van der Waals surface area contributed by atoms with Gasteiger partial charge in [0.25, 0.3) is 0 Å². The lowest BCUT2D eigenvalue weighted by molar-refractivity contribution is 0.417. The molecule has 2 aliphatic rings. The minimum absolute atomic E-state index is 0.513. The van der Waals surface area contributed by atoms with Crippen molar-refractivity contribution in [2.75, 3.05) is 0 Å². The summed E-state index contributed by atoms with van der Waals surface area (Å²) >= 11 is 0. The van der Waals surface area contributed by atoms with E-state index >= 15 is 0 Å². The molecule has 1 heterocycles. The minimum atomic E-state index is 0.513. The molecular weight excluding hydrogens is 231 g/mol. The average Bonchev–Trinajstić information content (AvgIpc) is 2.43. The van der Waals surface area contributed by atoms with Crippen LogP contribution in [0.25, 0.3) is 0 Å². The van der Waals surface area contributed by atoms with Crippen molar-refractivity contribution in [3.05, 3.63) is 11.2 Å². The van der Waals surface area contributed by atoms with Crippen LogP contribution < -0.4 is 5.43 Å². The number of hydrogen-bond acceptors (Lipinski definition) is 2. The fourth-order valence-electron chi connectivity index (χ4n) is 2.65. The van der Waals surface area contributed by atoms with Crippen LogP contribution in [0.15, 0.2) is 16.3 Å². The highest BCUT2D eigenvalue weighted by molar-refractivity contribution is 6.22. The lowest BCUT2D eigenvalue weighted by Gasteiger charge is -2.30.